The zero-order chi connectivity index (χ0) is 20.9. The summed E-state index contributed by atoms with van der Waals surface area (Å²) < 4.78 is 12.5. The number of hydrogen-bond acceptors (Lipinski definition) is 5. The highest BCUT2D eigenvalue weighted by Crippen LogP contribution is 2.23. The van der Waals surface area contributed by atoms with Gasteiger partial charge in [0.1, 0.15) is 17.2 Å². The molecule has 0 spiro atoms. The normalized spacial score (nSPS) is 10.5. The first kappa shape index (κ1) is 19.2. The van der Waals surface area contributed by atoms with E-state index in [2.05, 4.69) is 15.6 Å². The van der Waals surface area contributed by atoms with Crippen molar-refractivity contribution in [2.24, 2.45) is 0 Å². The van der Waals surface area contributed by atoms with Crippen LogP contribution >= 0.6 is 0 Å². The molecular weight excluding hydrogens is 380 g/mol. The fourth-order valence-corrected chi connectivity index (χ4v) is 2.93. The van der Waals surface area contributed by atoms with E-state index in [-0.39, 0.29) is 11.6 Å². The van der Waals surface area contributed by atoms with Gasteiger partial charge in [-0.3, -0.25) is 4.79 Å². The lowest BCUT2D eigenvalue weighted by molar-refractivity contribution is 0.102. The van der Waals surface area contributed by atoms with Crippen molar-refractivity contribution in [2.75, 3.05) is 12.4 Å². The molecule has 0 atom stereocenters. The molecule has 150 valence electrons. The number of anilines is 1. The number of carbonyl (C=O) groups is 1. The third-order valence-electron chi connectivity index (χ3n) is 4.52. The summed E-state index contributed by atoms with van der Waals surface area (Å²) in [7, 11) is 1.61. The number of hydrogen-bond donors (Lipinski definition) is 1. The Morgan fingerprint density at radius 3 is 2.17 bits per heavy atom. The Morgan fingerprint density at radius 1 is 0.867 bits per heavy atom. The van der Waals surface area contributed by atoms with Crippen LogP contribution in [0.3, 0.4) is 0 Å². The van der Waals surface area contributed by atoms with Crippen LogP contribution in [0.1, 0.15) is 16.2 Å². The molecule has 0 aliphatic rings. The molecule has 0 unspecified atom stereocenters. The number of carbonyl (C=O) groups excluding carboxylic acids is 1. The highest BCUT2D eigenvalue weighted by atomic mass is 16.5. The van der Waals surface area contributed by atoms with E-state index in [1.54, 1.807) is 43.0 Å². The molecule has 4 aromatic rings. The number of methoxy groups -OCH3 is 1. The standard InChI is InChI=1S/C23H20N4O3/c1-16-22(25-26-27(16)18-10-14-19(29-2)15-11-18)23(28)24-17-8-12-21(13-9-17)30-20-6-4-3-5-7-20/h3-15H,1-2H3,(H,24,28). The molecular formula is C23H20N4O3. The number of para-hydroxylation sites is 1. The van der Waals surface area contributed by atoms with Gasteiger partial charge in [0.05, 0.1) is 18.5 Å². The number of nitrogens with one attached hydrogen (secondary N) is 1. The lowest BCUT2D eigenvalue weighted by atomic mass is 10.2. The van der Waals surface area contributed by atoms with Crippen LogP contribution in [0, 0.1) is 6.92 Å². The molecule has 0 aliphatic carbocycles. The van der Waals surface area contributed by atoms with Crippen molar-refractivity contribution < 1.29 is 14.3 Å². The van der Waals surface area contributed by atoms with Crippen LogP contribution in [0.25, 0.3) is 5.69 Å². The predicted octanol–water partition coefficient (Wildman–Crippen LogP) is 4.63. The first-order chi connectivity index (χ1) is 14.6. The first-order valence-corrected chi connectivity index (χ1v) is 9.35. The second kappa shape index (κ2) is 8.48. The zero-order valence-corrected chi connectivity index (χ0v) is 16.6. The predicted molar refractivity (Wildman–Crippen MR) is 114 cm³/mol. The van der Waals surface area contributed by atoms with Gasteiger partial charge in [0.15, 0.2) is 5.69 Å². The lowest BCUT2D eigenvalue weighted by Gasteiger charge is -2.08. The third kappa shape index (κ3) is 4.15. The van der Waals surface area contributed by atoms with Crippen molar-refractivity contribution in [3.05, 3.63) is 90.3 Å². The smallest absolute Gasteiger partial charge is 0.278 e. The van der Waals surface area contributed by atoms with E-state index >= 15 is 0 Å². The molecule has 30 heavy (non-hydrogen) atoms. The molecule has 3 aromatic carbocycles. The van der Waals surface area contributed by atoms with E-state index in [0.717, 1.165) is 17.2 Å². The summed E-state index contributed by atoms with van der Waals surface area (Å²) in [6.07, 6.45) is 0. The highest BCUT2D eigenvalue weighted by molar-refractivity contribution is 6.03. The monoisotopic (exact) mass is 400 g/mol. The van der Waals surface area contributed by atoms with Crippen LogP contribution in [0.15, 0.2) is 78.9 Å². The summed E-state index contributed by atoms with van der Waals surface area (Å²) in [6.45, 7) is 1.80. The number of benzene rings is 3. The van der Waals surface area contributed by atoms with Gasteiger partial charge in [-0.1, -0.05) is 23.4 Å². The minimum Gasteiger partial charge on any atom is -0.497 e. The first-order valence-electron chi connectivity index (χ1n) is 9.35. The van der Waals surface area contributed by atoms with E-state index in [1.165, 1.54) is 0 Å². The molecule has 0 fully saturated rings. The molecule has 7 nitrogen and oxygen atoms in total. The maximum atomic E-state index is 12.7. The fraction of sp³-hybridized carbons (Fsp3) is 0.0870. The molecule has 0 radical (unpaired) electrons. The van der Waals surface area contributed by atoms with Crippen LogP contribution in [0.4, 0.5) is 5.69 Å². The maximum Gasteiger partial charge on any atom is 0.278 e. The molecule has 1 amide bonds. The van der Waals surface area contributed by atoms with Crippen molar-refractivity contribution in [3.63, 3.8) is 0 Å². The van der Waals surface area contributed by atoms with Crippen LogP contribution in [-0.2, 0) is 0 Å². The van der Waals surface area contributed by atoms with Crippen molar-refractivity contribution in [1.29, 1.82) is 0 Å². The molecule has 0 saturated carbocycles. The molecule has 1 heterocycles. The Hall–Kier alpha value is -4.13. The number of ether oxygens (including phenoxy) is 2. The second-order valence-electron chi connectivity index (χ2n) is 6.53. The van der Waals surface area contributed by atoms with Crippen molar-refractivity contribution in [2.45, 2.75) is 6.92 Å². The van der Waals surface area contributed by atoms with E-state index in [4.69, 9.17) is 9.47 Å². The van der Waals surface area contributed by atoms with Gasteiger partial charge < -0.3 is 14.8 Å². The quantitative estimate of drug-likeness (QED) is 0.511. The van der Waals surface area contributed by atoms with E-state index < -0.39 is 0 Å². The molecule has 0 bridgehead atoms. The largest absolute Gasteiger partial charge is 0.497 e. The van der Waals surface area contributed by atoms with Gasteiger partial charge >= 0.3 is 0 Å². The average molecular weight is 400 g/mol. The van der Waals surface area contributed by atoms with Crippen LogP contribution in [0.5, 0.6) is 17.2 Å². The Kier molecular flexibility index (Phi) is 5.43. The van der Waals surface area contributed by atoms with Crippen LogP contribution in [-0.4, -0.2) is 28.0 Å². The summed E-state index contributed by atoms with van der Waals surface area (Å²) in [5, 5.41) is 11.0. The Labute approximate surface area is 173 Å². The molecule has 4 rings (SSSR count). The number of rotatable bonds is 6. The minimum atomic E-state index is -0.330. The van der Waals surface area contributed by atoms with Gasteiger partial charge in [0.2, 0.25) is 0 Å². The number of amides is 1. The number of nitrogens with zero attached hydrogens (tertiary/aromatic N) is 3. The summed E-state index contributed by atoms with van der Waals surface area (Å²) in [4.78, 5) is 12.7. The van der Waals surface area contributed by atoms with Crippen molar-refractivity contribution in [3.8, 4) is 22.9 Å². The molecule has 7 heteroatoms. The topological polar surface area (TPSA) is 78.3 Å². The lowest BCUT2D eigenvalue weighted by Crippen LogP contribution is -2.14. The summed E-state index contributed by atoms with van der Waals surface area (Å²) in [5.74, 6) is 1.85. The van der Waals surface area contributed by atoms with Crippen molar-refractivity contribution >= 4 is 11.6 Å². The SMILES string of the molecule is COc1ccc(-n2nnc(C(=O)Nc3ccc(Oc4ccccc4)cc3)c2C)cc1. The molecule has 0 saturated heterocycles. The maximum absolute atomic E-state index is 12.7. The Bertz CT molecular complexity index is 1140. The fourth-order valence-electron chi connectivity index (χ4n) is 2.93. The summed E-state index contributed by atoms with van der Waals surface area (Å²) in [6, 6.07) is 24.0. The van der Waals surface area contributed by atoms with Crippen LogP contribution in [0.2, 0.25) is 0 Å². The van der Waals surface area contributed by atoms with E-state index in [0.29, 0.717) is 17.1 Å². The summed E-state index contributed by atoms with van der Waals surface area (Å²) in [5.41, 5.74) is 2.33. The van der Waals surface area contributed by atoms with Gasteiger partial charge in [0, 0.05) is 5.69 Å². The molecule has 1 aromatic heterocycles. The third-order valence-corrected chi connectivity index (χ3v) is 4.52. The highest BCUT2D eigenvalue weighted by Gasteiger charge is 2.17. The van der Waals surface area contributed by atoms with Gasteiger partial charge in [-0.05, 0) is 67.6 Å². The Balaban J connectivity index is 1.45. The number of aromatic nitrogens is 3. The van der Waals surface area contributed by atoms with Gasteiger partial charge in [-0.15, -0.1) is 5.10 Å². The van der Waals surface area contributed by atoms with Gasteiger partial charge in [-0.25, -0.2) is 4.68 Å². The zero-order valence-electron chi connectivity index (χ0n) is 16.6. The van der Waals surface area contributed by atoms with Crippen LogP contribution < -0.4 is 14.8 Å². The molecule has 1 N–H and O–H groups in total. The van der Waals surface area contributed by atoms with Gasteiger partial charge in [-0.2, -0.15) is 0 Å². The minimum absolute atomic E-state index is 0.260. The second-order valence-corrected chi connectivity index (χ2v) is 6.53. The molecule has 0 aliphatic heterocycles. The van der Waals surface area contributed by atoms with Gasteiger partial charge in [0.25, 0.3) is 5.91 Å². The Morgan fingerprint density at radius 2 is 1.50 bits per heavy atom. The van der Waals surface area contributed by atoms with E-state index in [9.17, 15) is 4.79 Å². The summed E-state index contributed by atoms with van der Waals surface area (Å²) >= 11 is 0. The van der Waals surface area contributed by atoms with Crippen molar-refractivity contribution in [1.82, 2.24) is 15.0 Å². The van der Waals surface area contributed by atoms with E-state index in [1.807, 2.05) is 54.6 Å². The average Bonchev–Trinajstić information content (AvgIpc) is 3.17.